The summed E-state index contributed by atoms with van der Waals surface area (Å²) in [6, 6.07) is 23.6. The summed E-state index contributed by atoms with van der Waals surface area (Å²) in [6.07, 6.45) is 4.71. The highest BCUT2D eigenvalue weighted by molar-refractivity contribution is 5.99. The zero-order chi connectivity index (χ0) is 23.2. The van der Waals surface area contributed by atoms with Gasteiger partial charge in [0.1, 0.15) is 11.5 Å². The van der Waals surface area contributed by atoms with E-state index in [1.54, 1.807) is 41.2 Å². The second kappa shape index (κ2) is 9.57. The number of hydrogen-bond acceptors (Lipinski definition) is 4. The van der Waals surface area contributed by atoms with Gasteiger partial charge in [0.2, 0.25) is 5.91 Å². The number of pyridine rings is 2. The van der Waals surface area contributed by atoms with Gasteiger partial charge in [-0.2, -0.15) is 0 Å². The Morgan fingerprint density at radius 3 is 2.21 bits per heavy atom. The second-order valence-corrected chi connectivity index (χ2v) is 7.06. The smallest absolute Gasteiger partial charge is 0.328 e. The number of ether oxygens (including phenoxy) is 1. The third-order valence-electron chi connectivity index (χ3n) is 4.80. The molecule has 2 aromatic carbocycles. The normalized spacial score (nSPS) is 10.3. The van der Waals surface area contributed by atoms with Gasteiger partial charge in [-0.05, 0) is 53.5 Å². The summed E-state index contributed by atoms with van der Waals surface area (Å²) in [5, 5.41) is 2.69. The van der Waals surface area contributed by atoms with Crippen molar-refractivity contribution in [1.29, 1.82) is 0 Å². The number of aromatic nitrogens is 2. The Morgan fingerprint density at radius 1 is 0.909 bits per heavy atom. The maximum atomic E-state index is 12.0. The monoisotopic (exact) mass is 437 g/mol. The zero-order valence-corrected chi connectivity index (χ0v) is 17.6. The molecule has 2 aromatic heterocycles. The van der Waals surface area contributed by atoms with Gasteiger partial charge in [0.15, 0.2) is 5.69 Å². The fraction of sp³-hybridized carbons (Fsp3) is 0. The van der Waals surface area contributed by atoms with Crippen molar-refractivity contribution in [3.8, 4) is 28.6 Å². The summed E-state index contributed by atoms with van der Waals surface area (Å²) < 4.78 is 7.60. The van der Waals surface area contributed by atoms with Gasteiger partial charge in [-0.25, -0.2) is 4.57 Å². The van der Waals surface area contributed by atoms with E-state index in [0.717, 1.165) is 11.3 Å². The minimum Gasteiger partial charge on any atom is -0.457 e. The molecule has 0 fully saturated rings. The minimum atomic E-state index is -0.568. The van der Waals surface area contributed by atoms with Crippen LogP contribution in [-0.2, 0) is 4.79 Å². The summed E-state index contributed by atoms with van der Waals surface area (Å²) >= 11 is 0. The molecule has 33 heavy (non-hydrogen) atoms. The van der Waals surface area contributed by atoms with Crippen LogP contribution in [0.3, 0.4) is 0 Å². The molecule has 4 rings (SSSR count). The standard InChI is InChI=1S/C26H20N4O3/c1-2-24(31)28-19-14-16-30(17-15-19)23-13-12-22(26(27)32)25(29-23)18-8-10-21(11-9-18)33-20-6-4-3-5-7-20/h2-17H,1H2,(H2,27,32)/p+1. The van der Waals surface area contributed by atoms with E-state index < -0.39 is 5.91 Å². The Morgan fingerprint density at radius 2 is 1.58 bits per heavy atom. The Hall–Kier alpha value is -4.78. The van der Waals surface area contributed by atoms with Crippen molar-refractivity contribution in [2.75, 3.05) is 5.32 Å². The second-order valence-electron chi connectivity index (χ2n) is 7.06. The number of para-hydroxylation sites is 1. The predicted octanol–water partition coefficient (Wildman–Crippen LogP) is 4.04. The van der Waals surface area contributed by atoms with E-state index in [0.29, 0.717) is 28.5 Å². The van der Waals surface area contributed by atoms with Crippen LogP contribution in [-0.4, -0.2) is 16.8 Å². The fourth-order valence-electron chi connectivity index (χ4n) is 3.17. The quantitative estimate of drug-likeness (QED) is 0.337. The lowest BCUT2D eigenvalue weighted by Gasteiger charge is -2.07. The van der Waals surface area contributed by atoms with Crippen LogP contribution in [0.5, 0.6) is 11.5 Å². The van der Waals surface area contributed by atoms with Crippen LogP contribution in [0.4, 0.5) is 5.69 Å². The molecule has 0 spiro atoms. The molecule has 0 aliphatic heterocycles. The molecule has 0 aliphatic rings. The summed E-state index contributed by atoms with van der Waals surface area (Å²) in [6.45, 7) is 3.44. The molecule has 0 radical (unpaired) electrons. The molecular formula is C26H21N4O3+. The highest BCUT2D eigenvalue weighted by atomic mass is 16.5. The van der Waals surface area contributed by atoms with E-state index in [1.807, 2.05) is 54.6 Å². The van der Waals surface area contributed by atoms with E-state index in [2.05, 4.69) is 16.9 Å². The average Bonchev–Trinajstić information content (AvgIpc) is 2.85. The van der Waals surface area contributed by atoms with Gasteiger partial charge >= 0.3 is 5.82 Å². The van der Waals surface area contributed by atoms with Gasteiger partial charge in [-0.15, -0.1) is 0 Å². The van der Waals surface area contributed by atoms with Crippen molar-refractivity contribution < 1.29 is 18.9 Å². The van der Waals surface area contributed by atoms with Gasteiger partial charge in [-0.1, -0.05) is 24.8 Å². The van der Waals surface area contributed by atoms with E-state index in [9.17, 15) is 9.59 Å². The third kappa shape index (κ3) is 5.11. The molecule has 3 N–H and O–H groups in total. The lowest BCUT2D eigenvalue weighted by Crippen LogP contribution is -2.31. The fourth-order valence-corrected chi connectivity index (χ4v) is 3.17. The van der Waals surface area contributed by atoms with Gasteiger partial charge in [0, 0.05) is 29.4 Å². The molecule has 2 heterocycles. The van der Waals surface area contributed by atoms with E-state index in [1.165, 1.54) is 6.08 Å². The van der Waals surface area contributed by atoms with Gasteiger partial charge in [0.05, 0.1) is 18.0 Å². The Balaban J connectivity index is 1.63. The first-order valence-corrected chi connectivity index (χ1v) is 10.1. The summed E-state index contributed by atoms with van der Waals surface area (Å²) in [5.74, 6) is 1.11. The summed E-state index contributed by atoms with van der Waals surface area (Å²) in [5.41, 5.74) is 7.71. The number of benzene rings is 2. The molecule has 162 valence electrons. The highest BCUT2D eigenvalue weighted by Gasteiger charge is 2.20. The molecule has 7 heteroatoms. The molecule has 0 saturated heterocycles. The number of carbonyl (C=O) groups is 2. The summed E-state index contributed by atoms with van der Waals surface area (Å²) in [7, 11) is 0. The van der Waals surface area contributed by atoms with Crippen LogP contribution in [0.15, 0.2) is 104 Å². The molecule has 0 atom stereocenters. The maximum absolute atomic E-state index is 12.0. The number of nitrogens with two attached hydrogens (primary N) is 1. The first-order chi connectivity index (χ1) is 16.0. The van der Waals surface area contributed by atoms with Crippen LogP contribution in [0.1, 0.15) is 10.4 Å². The van der Waals surface area contributed by atoms with Crippen molar-refractivity contribution in [3.63, 3.8) is 0 Å². The Bertz CT molecular complexity index is 1300. The maximum Gasteiger partial charge on any atom is 0.328 e. The molecule has 4 aromatic rings. The van der Waals surface area contributed by atoms with E-state index in [-0.39, 0.29) is 5.91 Å². The Kier molecular flexibility index (Phi) is 6.22. The van der Waals surface area contributed by atoms with Crippen molar-refractivity contribution >= 4 is 17.5 Å². The molecular weight excluding hydrogens is 416 g/mol. The number of carbonyl (C=O) groups excluding carboxylic acids is 2. The van der Waals surface area contributed by atoms with Crippen molar-refractivity contribution in [2.24, 2.45) is 5.73 Å². The number of nitrogens with zero attached hydrogens (tertiary/aromatic N) is 2. The number of nitrogens with one attached hydrogen (secondary N) is 1. The molecule has 0 saturated carbocycles. The molecule has 0 bridgehead atoms. The lowest BCUT2D eigenvalue weighted by atomic mass is 10.0. The highest BCUT2D eigenvalue weighted by Crippen LogP contribution is 2.27. The van der Waals surface area contributed by atoms with Gasteiger partial charge in [-0.3, -0.25) is 9.59 Å². The first-order valence-electron chi connectivity index (χ1n) is 10.1. The first kappa shape index (κ1) is 21.5. The number of anilines is 1. The van der Waals surface area contributed by atoms with Crippen LogP contribution in [0.2, 0.25) is 0 Å². The van der Waals surface area contributed by atoms with E-state index in [4.69, 9.17) is 10.5 Å². The number of hydrogen-bond donors (Lipinski definition) is 2. The largest absolute Gasteiger partial charge is 0.457 e. The SMILES string of the molecule is C=CC(=O)Nc1cc[n+](-c2ccc(C(N)=O)c(-c3ccc(Oc4ccccc4)cc3)n2)cc1. The number of amides is 2. The lowest BCUT2D eigenvalue weighted by molar-refractivity contribution is -0.599. The van der Waals surface area contributed by atoms with Crippen molar-refractivity contribution in [2.45, 2.75) is 0 Å². The predicted molar refractivity (Wildman–Crippen MR) is 125 cm³/mol. The molecule has 0 unspecified atom stereocenters. The average molecular weight is 437 g/mol. The molecule has 7 nitrogen and oxygen atoms in total. The molecule has 0 aliphatic carbocycles. The van der Waals surface area contributed by atoms with Crippen LogP contribution in [0, 0.1) is 0 Å². The number of rotatable bonds is 7. The van der Waals surface area contributed by atoms with Gasteiger partial charge in [0.25, 0.3) is 5.91 Å². The number of primary amides is 1. The van der Waals surface area contributed by atoms with Crippen LogP contribution >= 0.6 is 0 Å². The molecule has 2 amide bonds. The topological polar surface area (TPSA) is 98.2 Å². The van der Waals surface area contributed by atoms with Crippen LogP contribution < -0.4 is 20.4 Å². The van der Waals surface area contributed by atoms with E-state index >= 15 is 0 Å². The van der Waals surface area contributed by atoms with Crippen LogP contribution in [0.25, 0.3) is 17.1 Å². The van der Waals surface area contributed by atoms with Crippen molar-refractivity contribution in [1.82, 2.24) is 4.98 Å². The minimum absolute atomic E-state index is 0.293. The summed E-state index contributed by atoms with van der Waals surface area (Å²) in [4.78, 5) is 28.2. The zero-order valence-electron chi connectivity index (χ0n) is 17.6. The Labute approximate surface area is 190 Å². The van der Waals surface area contributed by atoms with Gasteiger partial charge < -0.3 is 15.8 Å². The van der Waals surface area contributed by atoms with Crippen molar-refractivity contribution in [3.05, 3.63) is 109 Å². The third-order valence-corrected chi connectivity index (χ3v) is 4.80.